The van der Waals surface area contributed by atoms with E-state index in [1.165, 1.54) is 0 Å². The average Bonchev–Trinajstić information content (AvgIpc) is 2.23. The van der Waals surface area contributed by atoms with Gasteiger partial charge in [-0.1, -0.05) is 27.7 Å². The van der Waals surface area contributed by atoms with E-state index in [-0.39, 0.29) is 10.7 Å². The summed E-state index contributed by atoms with van der Waals surface area (Å²) in [4.78, 5) is 0. The molecule has 4 heteroatoms. The van der Waals surface area contributed by atoms with Gasteiger partial charge in [0.15, 0.2) is 9.84 Å². The lowest BCUT2D eigenvalue weighted by atomic mass is 9.84. The molecule has 0 bridgehead atoms. The topological polar surface area (TPSA) is 46.2 Å². The van der Waals surface area contributed by atoms with Gasteiger partial charge in [-0.3, -0.25) is 0 Å². The molecular formula is C13H29NO2S. The van der Waals surface area contributed by atoms with Gasteiger partial charge in [-0.15, -0.1) is 0 Å². The minimum atomic E-state index is -2.91. The summed E-state index contributed by atoms with van der Waals surface area (Å²) in [6.07, 6.45) is 1.74. The third-order valence-electron chi connectivity index (χ3n) is 3.50. The van der Waals surface area contributed by atoms with Gasteiger partial charge >= 0.3 is 0 Å². The van der Waals surface area contributed by atoms with Crippen LogP contribution in [-0.2, 0) is 9.84 Å². The fourth-order valence-electron chi connectivity index (χ4n) is 1.47. The van der Waals surface area contributed by atoms with Crippen molar-refractivity contribution in [1.82, 2.24) is 5.32 Å². The minimum absolute atomic E-state index is 0.0756. The van der Waals surface area contributed by atoms with Crippen molar-refractivity contribution in [2.75, 3.05) is 12.3 Å². The summed E-state index contributed by atoms with van der Waals surface area (Å²) in [7, 11) is -2.91. The first kappa shape index (κ1) is 16.9. The van der Waals surface area contributed by atoms with Gasteiger partial charge in [0.05, 0.1) is 11.0 Å². The molecule has 1 atom stereocenters. The number of nitrogens with one attached hydrogen (secondary N) is 1. The molecule has 1 unspecified atom stereocenters. The van der Waals surface area contributed by atoms with E-state index in [1.54, 1.807) is 13.8 Å². The van der Waals surface area contributed by atoms with Gasteiger partial charge in [0, 0.05) is 12.6 Å². The van der Waals surface area contributed by atoms with Gasteiger partial charge in [-0.05, 0) is 32.1 Å². The molecule has 0 rings (SSSR count). The predicted octanol–water partition coefficient (Wildman–Crippen LogP) is 2.61. The molecule has 0 aromatic carbocycles. The number of hydrogen-bond acceptors (Lipinski definition) is 3. The lowest BCUT2D eigenvalue weighted by Crippen LogP contribution is -2.37. The molecule has 0 saturated carbocycles. The second-order valence-corrected chi connectivity index (χ2v) is 8.54. The Morgan fingerprint density at radius 1 is 1.18 bits per heavy atom. The Labute approximate surface area is 107 Å². The van der Waals surface area contributed by atoms with Crippen LogP contribution in [0, 0.1) is 5.41 Å². The van der Waals surface area contributed by atoms with E-state index in [9.17, 15) is 8.42 Å². The molecule has 17 heavy (non-hydrogen) atoms. The SMILES string of the molecule is CCC(C)(CCS(=O)(=O)C(C)C)CNC(C)C. The summed E-state index contributed by atoms with van der Waals surface area (Å²) in [5.74, 6) is 0.300. The summed E-state index contributed by atoms with van der Waals surface area (Å²) < 4.78 is 23.6. The van der Waals surface area contributed by atoms with Crippen molar-refractivity contribution in [2.45, 2.75) is 65.7 Å². The van der Waals surface area contributed by atoms with Gasteiger partial charge < -0.3 is 5.32 Å². The van der Waals surface area contributed by atoms with E-state index in [4.69, 9.17) is 0 Å². The average molecular weight is 263 g/mol. The number of rotatable bonds is 8. The predicted molar refractivity (Wildman–Crippen MR) is 75.1 cm³/mol. The highest BCUT2D eigenvalue weighted by molar-refractivity contribution is 7.91. The summed E-state index contributed by atoms with van der Waals surface area (Å²) in [6.45, 7) is 12.9. The van der Waals surface area contributed by atoms with E-state index in [0.717, 1.165) is 19.4 Å². The van der Waals surface area contributed by atoms with Gasteiger partial charge in [-0.2, -0.15) is 0 Å². The molecule has 0 heterocycles. The van der Waals surface area contributed by atoms with Crippen LogP contribution in [0.25, 0.3) is 0 Å². The summed E-state index contributed by atoms with van der Waals surface area (Å²) >= 11 is 0. The molecule has 0 aliphatic rings. The van der Waals surface area contributed by atoms with Crippen molar-refractivity contribution in [3.8, 4) is 0 Å². The van der Waals surface area contributed by atoms with Gasteiger partial charge in [-0.25, -0.2) is 8.42 Å². The minimum Gasteiger partial charge on any atom is -0.314 e. The maximum Gasteiger partial charge on any atom is 0.152 e. The first-order valence-corrected chi connectivity index (χ1v) is 8.29. The molecule has 1 N–H and O–H groups in total. The Hall–Kier alpha value is -0.0900. The third kappa shape index (κ3) is 6.41. The second kappa shape index (κ2) is 6.74. The Morgan fingerprint density at radius 2 is 1.71 bits per heavy atom. The Morgan fingerprint density at radius 3 is 2.06 bits per heavy atom. The fraction of sp³-hybridized carbons (Fsp3) is 1.00. The molecule has 104 valence electrons. The Balaban J connectivity index is 4.40. The van der Waals surface area contributed by atoms with E-state index in [2.05, 4.69) is 33.0 Å². The fourth-order valence-corrected chi connectivity index (χ4v) is 2.71. The molecule has 0 aliphatic heterocycles. The highest BCUT2D eigenvalue weighted by Gasteiger charge is 2.26. The Kier molecular flexibility index (Phi) is 6.70. The van der Waals surface area contributed by atoms with Crippen LogP contribution in [0.3, 0.4) is 0 Å². The lowest BCUT2D eigenvalue weighted by Gasteiger charge is -2.30. The molecule has 0 spiro atoms. The molecule has 0 amide bonds. The largest absolute Gasteiger partial charge is 0.314 e. The van der Waals surface area contributed by atoms with Crippen LogP contribution in [-0.4, -0.2) is 32.0 Å². The van der Waals surface area contributed by atoms with E-state index >= 15 is 0 Å². The quantitative estimate of drug-likeness (QED) is 0.732. The maximum atomic E-state index is 11.8. The second-order valence-electron chi connectivity index (χ2n) is 5.87. The van der Waals surface area contributed by atoms with Gasteiger partial charge in [0.2, 0.25) is 0 Å². The van der Waals surface area contributed by atoms with Crippen molar-refractivity contribution < 1.29 is 8.42 Å². The molecule has 0 radical (unpaired) electrons. The number of hydrogen-bond donors (Lipinski definition) is 1. The van der Waals surface area contributed by atoms with Crippen molar-refractivity contribution in [3.05, 3.63) is 0 Å². The molecule has 0 aliphatic carbocycles. The van der Waals surface area contributed by atoms with Gasteiger partial charge in [0.1, 0.15) is 0 Å². The zero-order chi connectivity index (χ0) is 13.7. The monoisotopic (exact) mass is 263 g/mol. The van der Waals surface area contributed by atoms with Gasteiger partial charge in [0.25, 0.3) is 0 Å². The first-order valence-electron chi connectivity index (χ1n) is 6.58. The van der Waals surface area contributed by atoms with E-state index in [1.807, 2.05) is 0 Å². The Bertz CT molecular complexity index is 309. The molecule has 0 aromatic rings. The van der Waals surface area contributed by atoms with Crippen LogP contribution in [0.2, 0.25) is 0 Å². The van der Waals surface area contributed by atoms with Crippen LogP contribution in [0.4, 0.5) is 0 Å². The first-order chi connectivity index (χ1) is 7.63. The van der Waals surface area contributed by atoms with Crippen LogP contribution in [0.5, 0.6) is 0 Å². The maximum absolute atomic E-state index is 11.8. The van der Waals surface area contributed by atoms with Crippen LogP contribution in [0.15, 0.2) is 0 Å². The molecule has 0 fully saturated rings. The zero-order valence-electron chi connectivity index (χ0n) is 12.2. The highest BCUT2D eigenvalue weighted by atomic mass is 32.2. The van der Waals surface area contributed by atoms with Crippen LogP contribution >= 0.6 is 0 Å². The van der Waals surface area contributed by atoms with Crippen LogP contribution < -0.4 is 5.32 Å². The summed E-state index contributed by atoms with van der Waals surface area (Å²) in [5, 5.41) is 3.15. The molecule has 3 nitrogen and oxygen atoms in total. The summed E-state index contributed by atoms with van der Waals surface area (Å²) in [5.41, 5.74) is 0.0756. The van der Waals surface area contributed by atoms with E-state index < -0.39 is 9.84 Å². The number of sulfone groups is 1. The van der Waals surface area contributed by atoms with Crippen molar-refractivity contribution in [3.63, 3.8) is 0 Å². The van der Waals surface area contributed by atoms with E-state index in [0.29, 0.717) is 11.8 Å². The van der Waals surface area contributed by atoms with Crippen molar-refractivity contribution in [2.24, 2.45) is 5.41 Å². The lowest BCUT2D eigenvalue weighted by molar-refractivity contribution is 0.273. The summed E-state index contributed by atoms with van der Waals surface area (Å²) in [6, 6.07) is 0.447. The smallest absolute Gasteiger partial charge is 0.152 e. The van der Waals surface area contributed by atoms with Crippen LogP contribution in [0.1, 0.15) is 54.4 Å². The highest BCUT2D eigenvalue weighted by Crippen LogP contribution is 2.26. The van der Waals surface area contributed by atoms with Crippen molar-refractivity contribution in [1.29, 1.82) is 0 Å². The molecule has 0 saturated heterocycles. The third-order valence-corrected chi connectivity index (χ3v) is 5.71. The molecule has 0 aromatic heterocycles. The zero-order valence-corrected chi connectivity index (χ0v) is 13.0. The standard InChI is InChI=1S/C13H29NO2S/c1-7-13(6,10-14-11(2)3)8-9-17(15,16)12(4)5/h11-12,14H,7-10H2,1-6H3. The van der Waals surface area contributed by atoms with Crippen molar-refractivity contribution >= 4 is 9.84 Å². The molecular weight excluding hydrogens is 234 g/mol. The normalized spacial score (nSPS) is 16.5.